The third-order valence-corrected chi connectivity index (χ3v) is 12.6. The number of fused-ring (bicyclic) bond motifs is 1. The molecule has 0 spiro atoms. The van der Waals surface area contributed by atoms with E-state index in [0.29, 0.717) is 30.5 Å². The van der Waals surface area contributed by atoms with Crippen LogP contribution < -0.4 is 16.0 Å². The Bertz CT molecular complexity index is 2300. The highest BCUT2D eigenvalue weighted by Gasteiger charge is 2.27. The quantitative estimate of drug-likeness (QED) is 0.0500. The predicted octanol–water partition coefficient (Wildman–Crippen LogP) is 9.54. The summed E-state index contributed by atoms with van der Waals surface area (Å²) >= 11 is 1.65. The van der Waals surface area contributed by atoms with Crippen LogP contribution in [0.15, 0.2) is 76.8 Å². The van der Waals surface area contributed by atoms with Gasteiger partial charge in [0.15, 0.2) is 11.5 Å². The molecule has 13 heteroatoms. The molecule has 0 radical (unpaired) electrons. The molecule has 2 atom stereocenters. The highest BCUT2D eigenvalue weighted by atomic mass is 32.1. The van der Waals surface area contributed by atoms with E-state index in [2.05, 4.69) is 57.3 Å². The highest BCUT2D eigenvalue weighted by molar-refractivity contribution is 7.13. The molecule has 4 amide bonds. The number of rotatable bonds is 22. The number of nitrogens with one attached hydrogen (secondary N) is 3. The lowest BCUT2D eigenvalue weighted by atomic mass is 9.96. The number of carbonyl (C=O) groups is 4. The smallest absolute Gasteiger partial charge is 0.273 e. The molecule has 6 rings (SSSR count). The van der Waals surface area contributed by atoms with Gasteiger partial charge in [-0.15, -0.1) is 11.3 Å². The van der Waals surface area contributed by atoms with Crippen molar-refractivity contribution in [1.29, 1.82) is 0 Å². The second-order valence-corrected chi connectivity index (χ2v) is 17.5. The van der Waals surface area contributed by atoms with E-state index in [-0.39, 0.29) is 52.4 Å². The molecule has 5 aromatic rings. The summed E-state index contributed by atoms with van der Waals surface area (Å²) in [5.74, 6) is -0.483. The maximum absolute atomic E-state index is 13.2. The van der Waals surface area contributed by atoms with Crippen molar-refractivity contribution in [1.82, 2.24) is 31.0 Å². The fourth-order valence-electron chi connectivity index (χ4n) is 7.96. The van der Waals surface area contributed by atoms with Gasteiger partial charge in [-0.1, -0.05) is 99.8 Å². The largest absolute Gasteiger partial charge is 0.507 e. The van der Waals surface area contributed by atoms with Crippen molar-refractivity contribution in [3.63, 3.8) is 0 Å². The van der Waals surface area contributed by atoms with E-state index in [1.807, 2.05) is 30.6 Å². The number of phenols is 1. The molecule has 1 aliphatic carbocycles. The molecule has 4 N–H and O–H groups in total. The molecule has 0 bridgehead atoms. The maximum atomic E-state index is 13.2. The zero-order valence-electron chi connectivity index (χ0n) is 36.4. The van der Waals surface area contributed by atoms with E-state index in [1.54, 1.807) is 31.5 Å². The van der Waals surface area contributed by atoms with Crippen LogP contribution in [0.4, 0.5) is 0 Å². The minimum Gasteiger partial charge on any atom is -0.507 e. The Hall–Kier alpha value is -5.82. The number of nitrogens with zero attached hydrogens (tertiary/aromatic N) is 3. The first-order valence-corrected chi connectivity index (χ1v) is 22.9. The number of unbranched alkanes of at least 4 members (excludes halogenated alkanes) is 9. The number of benzene rings is 3. The van der Waals surface area contributed by atoms with Gasteiger partial charge in [0, 0.05) is 50.8 Å². The number of thiazole rings is 1. The van der Waals surface area contributed by atoms with E-state index < -0.39 is 5.91 Å². The third-order valence-electron chi connectivity index (χ3n) is 11.6. The summed E-state index contributed by atoms with van der Waals surface area (Å²) in [6.45, 7) is 5.49. The third kappa shape index (κ3) is 12.4. The second-order valence-electron chi connectivity index (χ2n) is 16.6. The number of hydrogen-bond donors (Lipinski definition) is 4. The van der Waals surface area contributed by atoms with Crippen molar-refractivity contribution in [3.8, 4) is 27.5 Å². The number of amides is 4. The van der Waals surface area contributed by atoms with E-state index in [4.69, 9.17) is 4.52 Å². The minimum absolute atomic E-state index is 0.0901. The summed E-state index contributed by atoms with van der Waals surface area (Å²) in [5.41, 5.74) is 8.60. The molecule has 62 heavy (non-hydrogen) atoms. The van der Waals surface area contributed by atoms with Gasteiger partial charge >= 0.3 is 0 Å². The van der Waals surface area contributed by atoms with Crippen molar-refractivity contribution in [2.75, 3.05) is 27.2 Å². The molecule has 0 saturated heterocycles. The van der Waals surface area contributed by atoms with Crippen molar-refractivity contribution < 1.29 is 28.8 Å². The molecule has 0 fully saturated rings. The Morgan fingerprint density at radius 1 is 0.823 bits per heavy atom. The van der Waals surface area contributed by atoms with Crippen molar-refractivity contribution in [2.45, 2.75) is 109 Å². The summed E-state index contributed by atoms with van der Waals surface area (Å²) in [6, 6.07) is 20.0. The predicted molar refractivity (Wildman–Crippen MR) is 243 cm³/mol. The molecule has 1 unspecified atom stereocenters. The number of aromatic hydroxyl groups is 1. The number of aromatic nitrogens is 2. The van der Waals surface area contributed by atoms with E-state index in [9.17, 15) is 24.3 Å². The lowest BCUT2D eigenvalue weighted by Crippen LogP contribution is -2.28. The Morgan fingerprint density at radius 2 is 1.48 bits per heavy atom. The second kappa shape index (κ2) is 22.3. The van der Waals surface area contributed by atoms with Crippen LogP contribution in [0.25, 0.3) is 21.8 Å². The molecule has 2 aromatic heterocycles. The van der Waals surface area contributed by atoms with Gasteiger partial charge in [0.1, 0.15) is 5.75 Å². The average Bonchev–Trinajstić information content (AvgIpc) is 4.04. The summed E-state index contributed by atoms with van der Waals surface area (Å²) in [4.78, 5) is 58.0. The molecule has 0 saturated carbocycles. The molecule has 1 aliphatic rings. The van der Waals surface area contributed by atoms with Gasteiger partial charge in [0.25, 0.3) is 17.7 Å². The Kier molecular flexibility index (Phi) is 16.5. The van der Waals surface area contributed by atoms with Crippen LogP contribution in [0.5, 0.6) is 5.75 Å². The zero-order chi connectivity index (χ0) is 44.0. The summed E-state index contributed by atoms with van der Waals surface area (Å²) in [7, 11) is 3.21. The molecule has 12 nitrogen and oxygen atoms in total. The van der Waals surface area contributed by atoms with Crippen molar-refractivity contribution >= 4 is 35.0 Å². The highest BCUT2D eigenvalue weighted by Crippen LogP contribution is 2.33. The van der Waals surface area contributed by atoms with Gasteiger partial charge in [-0.3, -0.25) is 19.2 Å². The average molecular weight is 861 g/mol. The normalized spacial score (nSPS) is 13.6. The number of hydrogen-bond acceptors (Lipinski definition) is 9. The lowest BCUT2D eigenvalue weighted by Gasteiger charge is -2.14. The SMILES string of the molecule is Cc1ncsc1-c1ccc([C@@H](C)CC(=O)NCCCCCCCCCCCCNC(=O)c2ccc3c(c2)C(NC(=O)c2cc(-c4ccc(C(=O)N(C)C)c(O)c4)on2)CC3)cc1. The standard InChI is InChI=1S/C49H60N6O6S/c1-32(34-15-18-36(19-16-34)46-33(2)52-31-62-46)27-45(57)50-25-13-11-9-7-5-6-8-10-12-14-26-51-47(58)38-20-17-35-22-24-41(40(35)28-38)53-48(59)42-30-44(61-54-42)37-21-23-39(43(56)29-37)49(60)55(3)4/h15-21,23,28-32,41,56H,5-14,22,24-27H2,1-4H3,(H,50,57)(H,51,58)(H,53,59)/t32-,41?/m0/s1. The lowest BCUT2D eigenvalue weighted by molar-refractivity contribution is -0.121. The molecular formula is C49H60N6O6S. The monoisotopic (exact) mass is 860 g/mol. The van der Waals surface area contributed by atoms with Crippen molar-refractivity contribution in [2.24, 2.45) is 0 Å². The maximum Gasteiger partial charge on any atom is 0.273 e. The van der Waals surface area contributed by atoms with Gasteiger partial charge in [0.05, 0.1) is 27.7 Å². The Morgan fingerprint density at radius 3 is 2.13 bits per heavy atom. The first-order chi connectivity index (χ1) is 30.0. The number of phenolic OH excluding ortho intramolecular Hbond substituents is 1. The summed E-state index contributed by atoms with van der Waals surface area (Å²) < 4.78 is 5.41. The number of carbonyl (C=O) groups excluding carboxylic acids is 4. The van der Waals surface area contributed by atoms with Gasteiger partial charge in [-0.2, -0.15) is 0 Å². The van der Waals surface area contributed by atoms with Gasteiger partial charge < -0.3 is 30.5 Å². The van der Waals surface area contributed by atoms with E-state index in [1.165, 1.54) is 71.2 Å². The summed E-state index contributed by atoms with van der Waals surface area (Å²) in [6.07, 6.45) is 13.3. The van der Waals surface area contributed by atoms with E-state index in [0.717, 1.165) is 61.9 Å². The molecular weight excluding hydrogens is 801 g/mol. The van der Waals surface area contributed by atoms with Crippen LogP contribution in [-0.2, 0) is 11.2 Å². The topological polar surface area (TPSA) is 167 Å². The first-order valence-electron chi connectivity index (χ1n) is 22.0. The van der Waals surface area contributed by atoms with Crippen LogP contribution in [0.2, 0.25) is 0 Å². The fraction of sp³-hybridized carbons (Fsp3) is 0.429. The van der Waals surface area contributed by atoms with Gasteiger partial charge in [-0.05, 0) is 85.0 Å². The molecule has 0 aliphatic heterocycles. The zero-order valence-corrected chi connectivity index (χ0v) is 37.2. The van der Waals surface area contributed by atoms with E-state index >= 15 is 0 Å². The Labute approximate surface area is 368 Å². The van der Waals surface area contributed by atoms with Crippen LogP contribution in [0, 0.1) is 6.92 Å². The molecule has 2 heterocycles. The van der Waals surface area contributed by atoms with Crippen LogP contribution in [0.1, 0.15) is 150 Å². The minimum atomic E-state index is -0.406. The molecule has 328 valence electrons. The fourth-order valence-corrected chi connectivity index (χ4v) is 8.77. The molecule has 3 aromatic carbocycles. The van der Waals surface area contributed by atoms with Crippen molar-refractivity contribution in [3.05, 3.63) is 111 Å². The van der Waals surface area contributed by atoms with Gasteiger partial charge in [-0.25, -0.2) is 4.98 Å². The van der Waals surface area contributed by atoms with Crippen LogP contribution in [0.3, 0.4) is 0 Å². The van der Waals surface area contributed by atoms with Gasteiger partial charge in [0.2, 0.25) is 5.91 Å². The van der Waals surface area contributed by atoms with Crippen LogP contribution >= 0.6 is 11.3 Å². The Balaban J connectivity index is 0.795. The van der Waals surface area contributed by atoms with Crippen LogP contribution in [-0.4, -0.2) is 71.0 Å². The first kappa shape index (κ1) is 45.7. The number of aryl methyl sites for hydroxylation is 2. The summed E-state index contributed by atoms with van der Waals surface area (Å²) in [5, 5.41) is 23.6.